The lowest BCUT2D eigenvalue weighted by atomic mass is 9.54. The second-order valence-electron chi connectivity index (χ2n) is 6.23. The number of aryl methyl sites for hydroxylation is 1. The Morgan fingerprint density at radius 2 is 1.65 bits per heavy atom. The van der Waals surface area contributed by atoms with Gasteiger partial charge in [0.15, 0.2) is 0 Å². The molecule has 0 atom stereocenters. The Hall–Kier alpha value is -0.640. The summed E-state index contributed by atoms with van der Waals surface area (Å²) in [7, 11) is 0. The highest BCUT2D eigenvalue weighted by atomic mass is 32.1. The number of nitrogens with one attached hydrogen (secondary N) is 1. The summed E-state index contributed by atoms with van der Waals surface area (Å²) in [5.74, 6) is 3.92. The van der Waals surface area contributed by atoms with E-state index in [2.05, 4.69) is 15.5 Å². The maximum Gasteiger partial charge on any atom is 0.205 e. The third-order valence-corrected chi connectivity index (χ3v) is 5.81. The molecule has 4 aliphatic carbocycles. The van der Waals surface area contributed by atoms with Gasteiger partial charge in [0.1, 0.15) is 5.01 Å². The van der Waals surface area contributed by atoms with Crippen molar-refractivity contribution in [3.05, 3.63) is 5.01 Å². The van der Waals surface area contributed by atoms with E-state index in [9.17, 15) is 0 Å². The minimum absolute atomic E-state index is 0.690. The molecule has 4 fully saturated rings. The van der Waals surface area contributed by atoms with E-state index >= 15 is 0 Å². The van der Waals surface area contributed by atoms with Gasteiger partial charge in [-0.1, -0.05) is 11.3 Å². The Balaban J connectivity index is 1.54. The summed E-state index contributed by atoms with van der Waals surface area (Å²) in [5, 5.41) is 14.1. The van der Waals surface area contributed by atoms with Crippen molar-refractivity contribution in [2.75, 3.05) is 5.32 Å². The Kier molecular flexibility index (Phi) is 2.23. The number of rotatable bonds is 2. The first-order valence-corrected chi connectivity index (χ1v) is 7.66. The van der Waals surface area contributed by atoms with Crippen molar-refractivity contribution < 1.29 is 0 Å². The third kappa shape index (κ3) is 1.68. The van der Waals surface area contributed by atoms with Crippen LogP contribution in [0.25, 0.3) is 0 Å². The summed E-state index contributed by atoms with van der Waals surface area (Å²) >= 11 is 1.70. The maximum atomic E-state index is 4.22. The summed E-state index contributed by atoms with van der Waals surface area (Å²) in [5.41, 5.74) is 0. The molecule has 0 aromatic carbocycles. The summed E-state index contributed by atoms with van der Waals surface area (Å²) in [6.07, 6.45) is 7.37. The van der Waals surface area contributed by atoms with Gasteiger partial charge in [-0.05, 0) is 62.7 Å². The maximum absolute atomic E-state index is 4.22. The number of hydrogen-bond donors (Lipinski definition) is 1. The lowest BCUT2D eigenvalue weighted by molar-refractivity contribution is 0.00752. The fourth-order valence-corrected chi connectivity index (χ4v) is 5.30. The fourth-order valence-electron chi connectivity index (χ4n) is 4.66. The van der Waals surface area contributed by atoms with E-state index in [0.717, 1.165) is 33.8 Å². The van der Waals surface area contributed by atoms with Crippen molar-refractivity contribution in [1.29, 1.82) is 0 Å². The molecule has 3 nitrogen and oxygen atoms in total. The largest absolute Gasteiger partial charge is 0.357 e. The topological polar surface area (TPSA) is 37.8 Å². The van der Waals surface area contributed by atoms with Crippen LogP contribution in [0.2, 0.25) is 0 Å². The Labute approximate surface area is 106 Å². The zero-order valence-electron chi connectivity index (χ0n) is 10.2. The van der Waals surface area contributed by atoms with Crippen LogP contribution >= 0.6 is 11.3 Å². The molecule has 0 unspecified atom stereocenters. The molecular formula is C13H19N3S. The molecule has 0 aliphatic heterocycles. The van der Waals surface area contributed by atoms with Gasteiger partial charge in [0.25, 0.3) is 0 Å². The molecule has 1 aromatic heterocycles. The summed E-state index contributed by atoms with van der Waals surface area (Å²) in [6, 6.07) is 0.690. The molecule has 0 radical (unpaired) electrons. The van der Waals surface area contributed by atoms with E-state index in [-0.39, 0.29) is 0 Å². The molecule has 4 saturated carbocycles. The highest BCUT2D eigenvalue weighted by molar-refractivity contribution is 7.15. The predicted molar refractivity (Wildman–Crippen MR) is 69.1 cm³/mol. The highest BCUT2D eigenvalue weighted by Gasteiger charge is 2.48. The number of aromatic nitrogens is 2. The van der Waals surface area contributed by atoms with Crippen molar-refractivity contribution in [1.82, 2.24) is 10.2 Å². The van der Waals surface area contributed by atoms with Crippen LogP contribution < -0.4 is 5.32 Å². The molecule has 0 amide bonds. The molecule has 4 aliphatic rings. The van der Waals surface area contributed by atoms with Crippen molar-refractivity contribution in [2.45, 2.75) is 45.1 Å². The average molecular weight is 249 g/mol. The van der Waals surface area contributed by atoms with Crippen LogP contribution in [0.3, 0.4) is 0 Å². The molecule has 4 heteroatoms. The Morgan fingerprint density at radius 1 is 1.00 bits per heavy atom. The molecule has 1 heterocycles. The van der Waals surface area contributed by atoms with E-state index < -0.39 is 0 Å². The quantitative estimate of drug-likeness (QED) is 0.875. The van der Waals surface area contributed by atoms with Crippen molar-refractivity contribution >= 4 is 16.5 Å². The first-order valence-electron chi connectivity index (χ1n) is 6.84. The molecule has 17 heavy (non-hydrogen) atoms. The zero-order chi connectivity index (χ0) is 11.4. The average Bonchev–Trinajstić information content (AvgIpc) is 2.68. The molecule has 5 rings (SSSR count). The van der Waals surface area contributed by atoms with Crippen LogP contribution in [0.4, 0.5) is 5.13 Å². The first-order chi connectivity index (χ1) is 8.28. The first kappa shape index (κ1) is 10.3. The normalized spacial score (nSPS) is 43.0. The van der Waals surface area contributed by atoms with Crippen LogP contribution in [0.1, 0.15) is 37.1 Å². The van der Waals surface area contributed by atoms with Gasteiger partial charge in [-0.25, -0.2) is 0 Å². The molecule has 1 aromatic rings. The lowest BCUT2D eigenvalue weighted by Crippen LogP contribution is -2.51. The lowest BCUT2D eigenvalue weighted by Gasteiger charge is -2.54. The summed E-state index contributed by atoms with van der Waals surface area (Å²) < 4.78 is 0. The third-order valence-electron chi connectivity index (χ3n) is 5.04. The molecule has 0 saturated heterocycles. The molecule has 1 N–H and O–H groups in total. The molecule has 0 spiro atoms. The SMILES string of the molecule is Cc1nnc(NC2C3CC4CC(C3)CC2C4)s1. The second-order valence-corrected chi connectivity index (χ2v) is 7.41. The van der Waals surface area contributed by atoms with Crippen LogP contribution in [0.5, 0.6) is 0 Å². The monoisotopic (exact) mass is 249 g/mol. The Bertz CT molecular complexity index is 400. The van der Waals surface area contributed by atoms with Gasteiger partial charge in [-0.3, -0.25) is 0 Å². The van der Waals surface area contributed by atoms with Crippen LogP contribution in [-0.2, 0) is 0 Å². The number of hydrogen-bond acceptors (Lipinski definition) is 4. The van der Waals surface area contributed by atoms with Crippen molar-refractivity contribution in [3.63, 3.8) is 0 Å². The minimum Gasteiger partial charge on any atom is -0.357 e. The second kappa shape index (κ2) is 3.67. The van der Waals surface area contributed by atoms with Crippen molar-refractivity contribution in [2.24, 2.45) is 23.7 Å². The van der Waals surface area contributed by atoms with Gasteiger partial charge in [-0.15, -0.1) is 10.2 Å². The molecular weight excluding hydrogens is 230 g/mol. The van der Waals surface area contributed by atoms with E-state index in [1.54, 1.807) is 11.3 Å². The van der Waals surface area contributed by atoms with Gasteiger partial charge in [0, 0.05) is 6.04 Å². The smallest absolute Gasteiger partial charge is 0.205 e. The van der Waals surface area contributed by atoms with E-state index in [0.29, 0.717) is 6.04 Å². The van der Waals surface area contributed by atoms with Gasteiger partial charge >= 0.3 is 0 Å². The Morgan fingerprint density at radius 3 is 2.18 bits per heavy atom. The van der Waals surface area contributed by atoms with Crippen LogP contribution in [0.15, 0.2) is 0 Å². The van der Waals surface area contributed by atoms with Crippen molar-refractivity contribution in [3.8, 4) is 0 Å². The van der Waals surface area contributed by atoms with E-state index in [4.69, 9.17) is 0 Å². The van der Waals surface area contributed by atoms with E-state index in [1.807, 2.05) is 6.92 Å². The van der Waals surface area contributed by atoms with Gasteiger partial charge < -0.3 is 5.32 Å². The zero-order valence-corrected chi connectivity index (χ0v) is 11.0. The minimum atomic E-state index is 0.690. The van der Waals surface area contributed by atoms with Gasteiger partial charge in [0.2, 0.25) is 5.13 Å². The summed E-state index contributed by atoms with van der Waals surface area (Å²) in [4.78, 5) is 0. The predicted octanol–water partition coefficient (Wildman–Crippen LogP) is 3.08. The van der Waals surface area contributed by atoms with Gasteiger partial charge in [-0.2, -0.15) is 0 Å². The fraction of sp³-hybridized carbons (Fsp3) is 0.846. The molecule has 4 bridgehead atoms. The number of anilines is 1. The highest BCUT2D eigenvalue weighted by Crippen LogP contribution is 2.54. The summed E-state index contributed by atoms with van der Waals surface area (Å²) in [6.45, 7) is 2.03. The van der Waals surface area contributed by atoms with Gasteiger partial charge in [0.05, 0.1) is 0 Å². The molecule has 92 valence electrons. The van der Waals surface area contributed by atoms with Crippen LogP contribution in [-0.4, -0.2) is 16.2 Å². The van der Waals surface area contributed by atoms with Crippen LogP contribution in [0, 0.1) is 30.6 Å². The standard InChI is InChI=1S/C13H19N3S/c1-7-15-16-13(17-7)14-12-10-3-8-2-9(5-10)6-11(12)4-8/h8-12H,2-6H2,1H3,(H,14,16). The van der Waals surface area contributed by atoms with E-state index in [1.165, 1.54) is 32.1 Å². The number of nitrogens with zero attached hydrogens (tertiary/aromatic N) is 2.